The second-order valence-electron chi connectivity index (χ2n) is 4.53. The standard InChI is InChI=1S/C13H13ClF4O3/c1-19-2-3-20-12-6(14)4-9(12)21-13-10(17)7(15)5-8(16)11(13)18/h5-6,9,12H,2-4H2,1H3. The molecule has 8 heteroatoms. The molecule has 0 bridgehead atoms. The summed E-state index contributed by atoms with van der Waals surface area (Å²) in [4.78, 5) is 0. The number of alkyl halides is 1. The van der Waals surface area contributed by atoms with E-state index in [9.17, 15) is 17.6 Å². The zero-order chi connectivity index (χ0) is 15.6. The van der Waals surface area contributed by atoms with E-state index in [0.29, 0.717) is 6.61 Å². The number of hydrogen-bond acceptors (Lipinski definition) is 3. The van der Waals surface area contributed by atoms with E-state index < -0.39 is 46.6 Å². The van der Waals surface area contributed by atoms with Gasteiger partial charge in [0.15, 0.2) is 17.4 Å². The van der Waals surface area contributed by atoms with E-state index in [1.54, 1.807) is 0 Å². The molecule has 0 N–H and O–H groups in total. The lowest BCUT2D eigenvalue weighted by atomic mass is 9.91. The number of hydrogen-bond donors (Lipinski definition) is 0. The van der Waals surface area contributed by atoms with Gasteiger partial charge in [0.1, 0.15) is 12.2 Å². The number of halogens is 5. The molecule has 0 aromatic heterocycles. The van der Waals surface area contributed by atoms with Gasteiger partial charge in [0.2, 0.25) is 11.6 Å². The van der Waals surface area contributed by atoms with E-state index in [1.807, 2.05) is 0 Å². The summed E-state index contributed by atoms with van der Waals surface area (Å²) in [7, 11) is 1.48. The minimum atomic E-state index is -1.58. The summed E-state index contributed by atoms with van der Waals surface area (Å²) in [5, 5.41) is -0.406. The Bertz CT molecular complexity index is 488. The molecular weight excluding hydrogens is 316 g/mol. The zero-order valence-electron chi connectivity index (χ0n) is 11.0. The molecule has 0 aliphatic heterocycles. The predicted molar refractivity (Wildman–Crippen MR) is 66.6 cm³/mol. The normalized spacial score (nSPS) is 24.8. The molecule has 1 aliphatic rings. The van der Waals surface area contributed by atoms with Crippen LogP contribution in [0.25, 0.3) is 0 Å². The average Bonchev–Trinajstić information content (AvgIpc) is 2.44. The Morgan fingerprint density at radius 2 is 1.76 bits per heavy atom. The molecule has 1 saturated carbocycles. The van der Waals surface area contributed by atoms with Crippen molar-refractivity contribution in [1.82, 2.24) is 0 Å². The van der Waals surface area contributed by atoms with Crippen molar-refractivity contribution in [1.29, 1.82) is 0 Å². The molecule has 2 rings (SSSR count). The van der Waals surface area contributed by atoms with Gasteiger partial charge in [-0.3, -0.25) is 0 Å². The van der Waals surface area contributed by atoms with E-state index in [2.05, 4.69) is 0 Å². The van der Waals surface area contributed by atoms with Gasteiger partial charge in [-0.25, -0.2) is 8.78 Å². The first-order chi connectivity index (χ1) is 9.95. The molecule has 1 aromatic carbocycles. The van der Waals surface area contributed by atoms with Gasteiger partial charge in [0.25, 0.3) is 0 Å². The first kappa shape index (κ1) is 16.3. The van der Waals surface area contributed by atoms with E-state index in [0.717, 1.165) is 0 Å². The lowest BCUT2D eigenvalue weighted by Gasteiger charge is -2.40. The quantitative estimate of drug-likeness (QED) is 0.348. The lowest BCUT2D eigenvalue weighted by Crippen LogP contribution is -2.53. The fourth-order valence-corrected chi connectivity index (χ4v) is 2.34. The van der Waals surface area contributed by atoms with Gasteiger partial charge in [-0.05, 0) is 0 Å². The van der Waals surface area contributed by atoms with E-state index in [1.165, 1.54) is 7.11 Å². The van der Waals surface area contributed by atoms with Crippen LogP contribution in [0, 0.1) is 23.3 Å². The Kier molecular flexibility index (Phi) is 5.29. The highest BCUT2D eigenvalue weighted by molar-refractivity contribution is 6.21. The van der Waals surface area contributed by atoms with Crippen LogP contribution < -0.4 is 4.74 Å². The van der Waals surface area contributed by atoms with Crippen molar-refractivity contribution in [3.63, 3.8) is 0 Å². The molecule has 3 atom stereocenters. The van der Waals surface area contributed by atoms with Crippen LogP contribution in [0.15, 0.2) is 6.07 Å². The summed E-state index contributed by atoms with van der Waals surface area (Å²) in [5.41, 5.74) is 0. The topological polar surface area (TPSA) is 27.7 Å². The number of benzene rings is 1. The molecule has 0 heterocycles. The van der Waals surface area contributed by atoms with Crippen LogP contribution in [-0.2, 0) is 9.47 Å². The minimum Gasteiger partial charge on any atom is -0.481 e. The van der Waals surface area contributed by atoms with Crippen molar-refractivity contribution in [3.8, 4) is 5.75 Å². The van der Waals surface area contributed by atoms with Crippen molar-refractivity contribution in [2.45, 2.75) is 24.0 Å². The Labute approximate surface area is 123 Å². The molecular formula is C13H13ClF4O3. The van der Waals surface area contributed by atoms with E-state index in [4.69, 9.17) is 25.8 Å². The van der Waals surface area contributed by atoms with Crippen molar-refractivity contribution in [2.75, 3.05) is 20.3 Å². The van der Waals surface area contributed by atoms with Crippen LogP contribution in [0.2, 0.25) is 0 Å². The highest BCUT2D eigenvalue weighted by Gasteiger charge is 2.44. The molecule has 0 spiro atoms. The third kappa shape index (κ3) is 3.41. The smallest absolute Gasteiger partial charge is 0.203 e. The van der Waals surface area contributed by atoms with Gasteiger partial charge >= 0.3 is 0 Å². The maximum Gasteiger partial charge on any atom is 0.203 e. The van der Waals surface area contributed by atoms with Crippen LogP contribution in [-0.4, -0.2) is 37.9 Å². The second-order valence-corrected chi connectivity index (χ2v) is 5.09. The number of ether oxygens (including phenoxy) is 3. The predicted octanol–water partition coefficient (Wildman–Crippen LogP) is 3.03. The average molecular weight is 329 g/mol. The molecule has 3 nitrogen and oxygen atoms in total. The third-order valence-electron chi connectivity index (χ3n) is 3.12. The molecule has 1 aromatic rings. The van der Waals surface area contributed by atoms with Gasteiger partial charge in [-0.15, -0.1) is 11.6 Å². The summed E-state index contributed by atoms with van der Waals surface area (Å²) in [6.45, 7) is 0.525. The Morgan fingerprint density at radius 1 is 1.14 bits per heavy atom. The van der Waals surface area contributed by atoms with Crippen molar-refractivity contribution in [3.05, 3.63) is 29.3 Å². The molecule has 0 saturated heterocycles. The lowest BCUT2D eigenvalue weighted by molar-refractivity contribution is -0.0919. The summed E-state index contributed by atoms with van der Waals surface area (Å²) < 4.78 is 68.3. The van der Waals surface area contributed by atoms with Gasteiger partial charge in [0, 0.05) is 19.6 Å². The second kappa shape index (κ2) is 6.81. The molecule has 0 radical (unpaired) electrons. The summed E-state index contributed by atoms with van der Waals surface area (Å²) in [6.07, 6.45) is -1.17. The maximum absolute atomic E-state index is 13.5. The van der Waals surface area contributed by atoms with Crippen LogP contribution in [0.3, 0.4) is 0 Å². The number of rotatable bonds is 6. The third-order valence-corrected chi connectivity index (χ3v) is 3.55. The molecule has 0 amide bonds. The van der Waals surface area contributed by atoms with Gasteiger partial charge < -0.3 is 14.2 Å². The molecule has 1 aliphatic carbocycles. The van der Waals surface area contributed by atoms with Gasteiger partial charge in [0.05, 0.1) is 18.6 Å². The Morgan fingerprint density at radius 3 is 2.29 bits per heavy atom. The fraction of sp³-hybridized carbons (Fsp3) is 0.538. The van der Waals surface area contributed by atoms with Crippen molar-refractivity contribution in [2.24, 2.45) is 0 Å². The zero-order valence-corrected chi connectivity index (χ0v) is 11.8. The van der Waals surface area contributed by atoms with E-state index >= 15 is 0 Å². The first-order valence-corrected chi connectivity index (χ1v) is 6.63. The molecule has 118 valence electrons. The van der Waals surface area contributed by atoms with Crippen LogP contribution in [0.5, 0.6) is 5.75 Å². The van der Waals surface area contributed by atoms with Gasteiger partial charge in [-0.1, -0.05) is 0 Å². The van der Waals surface area contributed by atoms with Crippen LogP contribution in [0.4, 0.5) is 17.6 Å². The van der Waals surface area contributed by atoms with Crippen LogP contribution >= 0.6 is 11.6 Å². The largest absolute Gasteiger partial charge is 0.481 e. The summed E-state index contributed by atoms with van der Waals surface area (Å²) in [5.74, 6) is -7.31. The van der Waals surface area contributed by atoms with Gasteiger partial charge in [-0.2, -0.15) is 8.78 Å². The maximum atomic E-state index is 13.5. The highest BCUT2D eigenvalue weighted by Crippen LogP contribution is 2.35. The van der Waals surface area contributed by atoms with E-state index in [-0.39, 0.29) is 19.1 Å². The SMILES string of the molecule is COCCOC1C(Cl)CC1Oc1c(F)c(F)cc(F)c1F. The monoisotopic (exact) mass is 328 g/mol. The summed E-state index contributed by atoms with van der Waals surface area (Å²) >= 11 is 5.92. The highest BCUT2D eigenvalue weighted by atomic mass is 35.5. The Hall–Kier alpha value is -1.05. The minimum absolute atomic E-state index is 0.120. The summed E-state index contributed by atoms with van der Waals surface area (Å²) in [6, 6.07) is 0.120. The fourth-order valence-electron chi connectivity index (χ4n) is 1.93. The molecule has 3 unspecified atom stereocenters. The van der Waals surface area contributed by atoms with Crippen molar-refractivity contribution >= 4 is 11.6 Å². The van der Waals surface area contributed by atoms with Crippen molar-refractivity contribution < 1.29 is 31.8 Å². The first-order valence-electron chi connectivity index (χ1n) is 6.20. The molecule has 1 fully saturated rings. The molecule has 21 heavy (non-hydrogen) atoms. The number of methoxy groups -OCH3 is 1. The Balaban J connectivity index is 2.08. The van der Waals surface area contributed by atoms with Crippen LogP contribution in [0.1, 0.15) is 6.42 Å².